The predicted octanol–water partition coefficient (Wildman–Crippen LogP) is 1.67. The minimum absolute atomic E-state index is 0.228. The lowest BCUT2D eigenvalue weighted by molar-refractivity contribution is -0.135. The van der Waals surface area contributed by atoms with Gasteiger partial charge in [0.25, 0.3) is 0 Å². The van der Waals surface area contributed by atoms with Crippen LogP contribution in [0.4, 0.5) is 0 Å². The Morgan fingerprint density at radius 1 is 1.50 bits per heavy atom. The molecule has 1 rings (SSSR count). The van der Waals surface area contributed by atoms with Gasteiger partial charge in [-0.15, -0.1) is 0 Å². The van der Waals surface area contributed by atoms with E-state index in [0.717, 1.165) is 0 Å². The normalized spacial score (nSPS) is 21.2. The number of hydrogen-bond acceptors (Lipinski definition) is 3. The van der Waals surface area contributed by atoms with Crippen LogP contribution < -0.4 is 0 Å². The first-order chi connectivity index (χ1) is 5.49. The van der Waals surface area contributed by atoms with Gasteiger partial charge in [0.1, 0.15) is 0 Å². The van der Waals surface area contributed by atoms with Crippen LogP contribution in [-0.2, 0) is 14.0 Å². The van der Waals surface area contributed by atoms with Crippen LogP contribution in [0.25, 0.3) is 0 Å². The monoisotopic (exact) mass is 186 g/mol. The second kappa shape index (κ2) is 3.31. The van der Waals surface area contributed by atoms with Crippen LogP contribution in [0.2, 0.25) is 19.6 Å². The van der Waals surface area contributed by atoms with Crippen molar-refractivity contribution in [2.75, 3.05) is 6.61 Å². The third kappa shape index (κ3) is 2.69. The molecule has 1 aliphatic heterocycles. The predicted molar refractivity (Wildman–Crippen MR) is 48.1 cm³/mol. The fourth-order valence-electron chi connectivity index (χ4n) is 0.803. The quantitative estimate of drug-likeness (QED) is 0.285. The summed E-state index contributed by atoms with van der Waals surface area (Å²) in [6.45, 7) is 6.72. The van der Waals surface area contributed by atoms with E-state index in [-0.39, 0.29) is 5.97 Å². The molecule has 0 unspecified atom stereocenters. The van der Waals surface area contributed by atoms with Gasteiger partial charge in [0.05, 0.1) is 18.4 Å². The lowest BCUT2D eigenvalue weighted by Crippen LogP contribution is -2.22. The molecule has 0 aromatic heterocycles. The second-order valence-electron chi connectivity index (χ2n) is 3.76. The Morgan fingerprint density at radius 3 is 2.58 bits per heavy atom. The molecule has 4 heteroatoms. The molecule has 12 heavy (non-hydrogen) atoms. The summed E-state index contributed by atoms with van der Waals surface area (Å²) in [5.41, 5.74) is 0.664. The molecule has 0 aromatic carbocycles. The first-order valence-corrected chi connectivity index (χ1v) is 7.44. The minimum Gasteiger partial charge on any atom is -0.549 e. The topological polar surface area (TPSA) is 35.5 Å². The third-order valence-electron chi connectivity index (χ3n) is 1.42. The lowest BCUT2D eigenvalue weighted by atomic mass is 10.3. The van der Waals surface area contributed by atoms with Crippen molar-refractivity contribution in [3.8, 4) is 0 Å². The molecule has 0 bridgehead atoms. The van der Waals surface area contributed by atoms with Crippen LogP contribution in [0, 0.1) is 0 Å². The highest BCUT2D eigenvalue weighted by molar-refractivity contribution is 6.69. The van der Waals surface area contributed by atoms with Gasteiger partial charge in [0, 0.05) is 6.42 Å². The molecule has 1 fully saturated rings. The van der Waals surface area contributed by atoms with E-state index in [9.17, 15) is 4.79 Å². The number of hydrogen-bond donors (Lipinski definition) is 0. The molecule has 0 aliphatic carbocycles. The van der Waals surface area contributed by atoms with E-state index >= 15 is 0 Å². The summed E-state index contributed by atoms with van der Waals surface area (Å²) < 4.78 is 10.2. The molecule has 0 aromatic rings. The standard InChI is InChI=1S/C8H14O3Si/c1-12(2,3)11-6-7-4-5-10-8(7)9/h6H,4-5H2,1-3H3/b7-6-. The van der Waals surface area contributed by atoms with Crippen LogP contribution in [0.5, 0.6) is 0 Å². The zero-order valence-corrected chi connectivity index (χ0v) is 8.72. The molecule has 0 spiro atoms. The van der Waals surface area contributed by atoms with Crippen molar-refractivity contribution in [2.45, 2.75) is 26.1 Å². The first-order valence-electron chi connectivity index (χ1n) is 4.03. The smallest absolute Gasteiger partial charge is 0.337 e. The van der Waals surface area contributed by atoms with Gasteiger partial charge < -0.3 is 9.16 Å². The van der Waals surface area contributed by atoms with Crippen molar-refractivity contribution in [3.63, 3.8) is 0 Å². The summed E-state index contributed by atoms with van der Waals surface area (Å²) in [5.74, 6) is -0.228. The Balaban J connectivity index is 2.52. The molecule has 0 saturated carbocycles. The van der Waals surface area contributed by atoms with Crippen molar-refractivity contribution in [3.05, 3.63) is 11.8 Å². The Bertz CT molecular complexity index is 215. The number of esters is 1. The SMILES string of the molecule is C[Si](C)(C)O/C=C1/CCOC1=O. The highest BCUT2D eigenvalue weighted by Crippen LogP contribution is 2.14. The minimum atomic E-state index is -1.54. The summed E-state index contributed by atoms with van der Waals surface area (Å²) in [5, 5.41) is 0. The van der Waals surface area contributed by atoms with Gasteiger partial charge in [0.15, 0.2) is 0 Å². The van der Waals surface area contributed by atoms with Gasteiger partial charge in [-0.25, -0.2) is 4.79 Å². The average molecular weight is 186 g/mol. The van der Waals surface area contributed by atoms with E-state index in [0.29, 0.717) is 18.6 Å². The summed E-state index contributed by atoms with van der Waals surface area (Å²) in [4.78, 5) is 10.9. The fourth-order valence-corrected chi connectivity index (χ4v) is 1.30. The first kappa shape index (κ1) is 9.32. The summed E-state index contributed by atoms with van der Waals surface area (Å²) >= 11 is 0. The lowest BCUT2D eigenvalue weighted by Gasteiger charge is -2.14. The van der Waals surface area contributed by atoms with Gasteiger partial charge in [-0.1, -0.05) is 0 Å². The van der Waals surface area contributed by atoms with Crippen molar-refractivity contribution in [1.82, 2.24) is 0 Å². The van der Waals surface area contributed by atoms with Gasteiger partial charge in [-0.3, -0.25) is 0 Å². The highest BCUT2D eigenvalue weighted by atomic mass is 28.4. The molecule has 1 aliphatic rings. The van der Waals surface area contributed by atoms with E-state index in [1.807, 2.05) is 0 Å². The molecule has 0 amide bonds. The van der Waals surface area contributed by atoms with Gasteiger partial charge in [0.2, 0.25) is 8.32 Å². The molecular weight excluding hydrogens is 172 g/mol. The molecule has 0 radical (unpaired) electrons. The molecule has 3 nitrogen and oxygen atoms in total. The fraction of sp³-hybridized carbons (Fsp3) is 0.625. The maximum absolute atomic E-state index is 10.9. The maximum Gasteiger partial charge on any atom is 0.337 e. The van der Waals surface area contributed by atoms with Crippen molar-refractivity contribution in [2.24, 2.45) is 0 Å². The van der Waals surface area contributed by atoms with Crippen LogP contribution in [0.1, 0.15) is 6.42 Å². The van der Waals surface area contributed by atoms with Crippen molar-refractivity contribution >= 4 is 14.3 Å². The van der Waals surface area contributed by atoms with Crippen molar-refractivity contribution in [1.29, 1.82) is 0 Å². The zero-order valence-electron chi connectivity index (χ0n) is 7.72. The molecule has 68 valence electrons. The van der Waals surface area contributed by atoms with Gasteiger partial charge in [-0.2, -0.15) is 0 Å². The Labute approximate surface area is 73.5 Å². The van der Waals surface area contributed by atoms with Crippen LogP contribution >= 0.6 is 0 Å². The van der Waals surface area contributed by atoms with E-state index in [1.54, 1.807) is 6.26 Å². The van der Waals surface area contributed by atoms with E-state index in [1.165, 1.54) is 0 Å². The van der Waals surface area contributed by atoms with Crippen LogP contribution in [-0.4, -0.2) is 20.9 Å². The third-order valence-corrected chi connectivity index (χ3v) is 2.25. The summed E-state index contributed by atoms with van der Waals surface area (Å²) in [7, 11) is -1.54. The Hall–Kier alpha value is -0.773. The van der Waals surface area contributed by atoms with E-state index < -0.39 is 8.32 Å². The van der Waals surface area contributed by atoms with Crippen molar-refractivity contribution < 1.29 is 14.0 Å². The number of rotatable bonds is 2. The van der Waals surface area contributed by atoms with Crippen LogP contribution in [0.3, 0.4) is 0 Å². The van der Waals surface area contributed by atoms with Crippen LogP contribution in [0.15, 0.2) is 11.8 Å². The molecule has 1 heterocycles. The summed E-state index contributed by atoms with van der Waals surface area (Å²) in [6, 6.07) is 0. The molecule has 0 N–H and O–H groups in total. The van der Waals surface area contributed by atoms with E-state index in [2.05, 4.69) is 19.6 Å². The zero-order chi connectivity index (χ0) is 9.19. The molecule has 0 atom stereocenters. The summed E-state index contributed by atoms with van der Waals surface area (Å²) in [6.07, 6.45) is 2.25. The average Bonchev–Trinajstić information content (AvgIpc) is 2.29. The molecule has 1 saturated heterocycles. The second-order valence-corrected chi connectivity index (χ2v) is 8.22. The van der Waals surface area contributed by atoms with E-state index in [4.69, 9.17) is 9.16 Å². The maximum atomic E-state index is 10.9. The number of carbonyl (C=O) groups is 1. The highest BCUT2D eigenvalue weighted by Gasteiger charge is 2.21. The molecular formula is C8H14O3Si. The number of carbonyl (C=O) groups excluding carboxylic acids is 1. The largest absolute Gasteiger partial charge is 0.549 e. The Kier molecular flexibility index (Phi) is 2.57. The van der Waals surface area contributed by atoms with Gasteiger partial charge >= 0.3 is 5.97 Å². The number of ether oxygens (including phenoxy) is 1. The number of cyclic esters (lactones) is 1. The Morgan fingerprint density at radius 2 is 2.17 bits per heavy atom. The van der Waals surface area contributed by atoms with Gasteiger partial charge in [-0.05, 0) is 19.6 Å².